The van der Waals surface area contributed by atoms with Crippen LogP contribution in [0.4, 0.5) is 5.69 Å². The molecule has 230 valence electrons. The average Bonchev–Trinajstić information content (AvgIpc) is 3.60. The second kappa shape index (κ2) is 13.0. The molecule has 1 aromatic rings. The number of carbonyl (C=O) groups is 3. The van der Waals surface area contributed by atoms with Crippen LogP contribution in [-0.2, 0) is 23.9 Å². The number of unbranched alkanes of at least 4 members (excludes halogenated alkanes) is 1. The summed E-state index contributed by atoms with van der Waals surface area (Å²) in [6.45, 7) is 13.7. The third-order valence-electron chi connectivity index (χ3n) is 9.21. The fraction of sp³-hybridized carbons (Fsp3) is 0.606. The first-order chi connectivity index (χ1) is 20.1. The standard InChI is InChI=1S/C33H46N2O7/c1-7-10-11-19-41-31(39)27-26-29(37)35(24(21-36)20-22(4)5)28(33(26)17-16-32(27,9-3)42-33)30(38)34(18-8-2)23-12-14-25(40-6)15-13-23/h7-8,12-15,22,24,26-28,36H,1-2,9-11,16-21H2,3-6H3/t24-,26+,27+,28?,32-,33?/m1/s1. The number of nitrogens with zero attached hydrogens (tertiary/aromatic N) is 2. The molecule has 3 aliphatic rings. The zero-order valence-corrected chi connectivity index (χ0v) is 25.4. The minimum atomic E-state index is -1.22. The summed E-state index contributed by atoms with van der Waals surface area (Å²) in [5.74, 6) is -2.03. The predicted molar refractivity (Wildman–Crippen MR) is 160 cm³/mol. The minimum absolute atomic E-state index is 0.152. The lowest BCUT2D eigenvalue weighted by Gasteiger charge is -2.40. The molecular weight excluding hydrogens is 536 g/mol. The van der Waals surface area contributed by atoms with E-state index >= 15 is 0 Å². The van der Waals surface area contributed by atoms with Gasteiger partial charge in [0, 0.05) is 12.2 Å². The van der Waals surface area contributed by atoms with Gasteiger partial charge >= 0.3 is 5.97 Å². The van der Waals surface area contributed by atoms with Gasteiger partial charge in [0.05, 0.1) is 37.9 Å². The van der Waals surface area contributed by atoms with E-state index in [-0.39, 0.29) is 37.5 Å². The fourth-order valence-corrected chi connectivity index (χ4v) is 7.36. The number of anilines is 1. The van der Waals surface area contributed by atoms with Gasteiger partial charge < -0.3 is 29.1 Å². The molecule has 0 radical (unpaired) electrons. The van der Waals surface area contributed by atoms with Crippen molar-refractivity contribution in [2.45, 2.75) is 82.6 Å². The van der Waals surface area contributed by atoms with Gasteiger partial charge in [-0.1, -0.05) is 32.9 Å². The van der Waals surface area contributed by atoms with Crippen molar-refractivity contribution < 1.29 is 33.7 Å². The number of allylic oxidation sites excluding steroid dienone is 1. The van der Waals surface area contributed by atoms with E-state index in [1.54, 1.807) is 48.4 Å². The number of rotatable bonds is 15. The minimum Gasteiger partial charge on any atom is -0.497 e. The van der Waals surface area contributed by atoms with E-state index in [0.29, 0.717) is 50.0 Å². The van der Waals surface area contributed by atoms with Gasteiger partial charge in [-0.2, -0.15) is 0 Å². The van der Waals surface area contributed by atoms with Crippen LogP contribution < -0.4 is 9.64 Å². The van der Waals surface area contributed by atoms with Crippen molar-refractivity contribution in [3.8, 4) is 5.75 Å². The maximum Gasteiger partial charge on any atom is 0.312 e. The molecular formula is C33H46N2O7. The van der Waals surface area contributed by atoms with Crippen LogP contribution in [0.25, 0.3) is 0 Å². The average molecular weight is 583 g/mol. The largest absolute Gasteiger partial charge is 0.497 e. The predicted octanol–water partition coefficient (Wildman–Crippen LogP) is 4.29. The highest BCUT2D eigenvalue weighted by Crippen LogP contribution is 2.65. The van der Waals surface area contributed by atoms with Crippen molar-refractivity contribution in [3.05, 3.63) is 49.6 Å². The van der Waals surface area contributed by atoms with Gasteiger partial charge in [-0.3, -0.25) is 14.4 Å². The van der Waals surface area contributed by atoms with E-state index in [4.69, 9.17) is 14.2 Å². The van der Waals surface area contributed by atoms with Crippen molar-refractivity contribution in [1.29, 1.82) is 0 Å². The quantitative estimate of drug-likeness (QED) is 0.187. The number of hydrogen-bond acceptors (Lipinski definition) is 7. The van der Waals surface area contributed by atoms with Crippen LogP contribution in [0.2, 0.25) is 0 Å². The number of likely N-dealkylation sites (tertiary alicyclic amines) is 1. The molecule has 3 fully saturated rings. The third-order valence-corrected chi connectivity index (χ3v) is 9.21. The van der Waals surface area contributed by atoms with E-state index < -0.39 is 41.1 Å². The van der Waals surface area contributed by atoms with Gasteiger partial charge in [-0.25, -0.2) is 0 Å². The third kappa shape index (κ3) is 5.37. The van der Waals surface area contributed by atoms with Crippen LogP contribution >= 0.6 is 0 Å². The fourth-order valence-electron chi connectivity index (χ4n) is 7.36. The van der Waals surface area contributed by atoms with E-state index in [1.165, 1.54) is 4.90 Å². The molecule has 6 atom stereocenters. The highest BCUT2D eigenvalue weighted by Gasteiger charge is 2.79. The van der Waals surface area contributed by atoms with Crippen LogP contribution in [0.3, 0.4) is 0 Å². The second-order valence-corrected chi connectivity index (χ2v) is 12.1. The van der Waals surface area contributed by atoms with Gasteiger partial charge in [-0.15, -0.1) is 13.2 Å². The Hall–Kier alpha value is -3.17. The molecule has 2 bridgehead atoms. The van der Waals surface area contributed by atoms with Gasteiger partial charge in [0.15, 0.2) is 0 Å². The van der Waals surface area contributed by atoms with Gasteiger partial charge in [0.1, 0.15) is 23.3 Å². The Morgan fingerprint density at radius 2 is 1.93 bits per heavy atom. The Morgan fingerprint density at radius 3 is 2.50 bits per heavy atom. The van der Waals surface area contributed by atoms with E-state index in [2.05, 4.69) is 13.2 Å². The van der Waals surface area contributed by atoms with Crippen molar-refractivity contribution in [2.24, 2.45) is 17.8 Å². The summed E-state index contributed by atoms with van der Waals surface area (Å²) in [5, 5.41) is 10.5. The number of fused-ring (bicyclic) bond motifs is 1. The summed E-state index contributed by atoms with van der Waals surface area (Å²) in [4.78, 5) is 46.1. The van der Waals surface area contributed by atoms with Crippen LogP contribution in [0.15, 0.2) is 49.6 Å². The maximum absolute atomic E-state index is 14.8. The number of methoxy groups -OCH3 is 1. The Bertz CT molecular complexity index is 1170. The molecule has 3 heterocycles. The molecule has 1 N–H and O–H groups in total. The first-order valence-electron chi connectivity index (χ1n) is 15.1. The molecule has 9 heteroatoms. The zero-order valence-electron chi connectivity index (χ0n) is 25.4. The Balaban J connectivity index is 1.81. The van der Waals surface area contributed by atoms with Crippen LogP contribution in [0, 0.1) is 17.8 Å². The van der Waals surface area contributed by atoms with Gasteiger partial charge in [0.2, 0.25) is 5.91 Å². The van der Waals surface area contributed by atoms with Crippen molar-refractivity contribution >= 4 is 23.5 Å². The Morgan fingerprint density at radius 1 is 1.21 bits per heavy atom. The summed E-state index contributed by atoms with van der Waals surface area (Å²) in [6.07, 6.45) is 6.75. The first-order valence-corrected chi connectivity index (χ1v) is 15.1. The lowest BCUT2D eigenvalue weighted by atomic mass is 9.65. The molecule has 4 rings (SSSR count). The second-order valence-electron chi connectivity index (χ2n) is 12.1. The van der Waals surface area contributed by atoms with Crippen LogP contribution in [0.5, 0.6) is 5.75 Å². The van der Waals surface area contributed by atoms with E-state index in [9.17, 15) is 19.5 Å². The number of esters is 1. The zero-order chi connectivity index (χ0) is 30.7. The summed E-state index contributed by atoms with van der Waals surface area (Å²) in [6, 6.07) is 5.48. The molecule has 0 aliphatic carbocycles. The Kier molecular flexibility index (Phi) is 9.83. The van der Waals surface area contributed by atoms with Crippen molar-refractivity contribution in [2.75, 3.05) is 31.8 Å². The van der Waals surface area contributed by atoms with Crippen molar-refractivity contribution in [3.63, 3.8) is 0 Å². The number of aliphatic hydroxyl groups is 1. The van der Waals surface area contributed by atoms with E-state index in [0.717, 1.165) is 0 Å². The molecule has 1 aromatic carbocycles. The monoisotopic (exact) mass is 582 g/mol. The summed E-state index contributed by atoms with van der Waals surface area (Å²) in [7, 11) is 1.57. The number of amides is 2. The maximum atomic E-state index is 14.8. The van der Waals surface area contributed by atoms with E-state index in [1.807, 2.05) is 20.8 Å². The molecule has 42 heavy (non-hydrogen) atoms. The molecule has 2 unspecified atom stereocenters. The lowest BCUT2D eigenvalue weighted by molar-refractivity contribution is -0.162. The molecule has 1 spiro atoms. The lowest BCUT2D eigenvalue weighted by Crippen LogP contribution is -2.59. The summed E-state index contributed by atoms with van der Waals surface area (Å²) >= 11 is 0. The van der Waals surface area contributed by atoms with Gasteiger partial charge in [-0.05, 0) is 68.7 Å². The van der Waals surface area contributed by atoms with Gasteiger partial charge in [0.25, 0.3) is 5.91 Å². The molecule has 9 nitrogen and oxygen atoms in total. The number of benzene rings is 1. The smallest absolute Gasteiger partial charge is 0.312 e. The topological polar surface area (TPSA) is 106 Å². The highest BCUT2D eigenvalue weighted by molar-refractivity contribution is 6.05. The van der Waals surface area contributed by atoms with Crippen LogP contribution in [-0.4, -0.2) is 77.9 Å². The molecule has 3 saturated heterocycles. The van der Waals surface area contributed by atoms with Crippen molar-refractivity contribution in [1.82, 2.24) is 4.90 Å². The SMILES string of the molecule is C=CCCCOC(=O)[C@@H]1[C@H]2C(=O)N([C@@H](CO)CC(C)C)C(C(=O)N(CC=C)c3ccc(OC)cc3)C23CC[C@@]1(CC)O3. The molecule has 2 amide bonds. The number of carbonyl (C=O) groups excluding carboxylic acids is 3. The first kappa shape index (κ1) is 31.8. The summed E-state index contributed by atoms with van der Waals surface area (Å²) in [5.41, 5.74) is -1.49. The number of ether oxygens (including phenoxy) is 3. The number of hydrogen-bond donors (Lipinski definition) is 1. The number of aliphatic hydroxyl groups excluding tert-OH is 1. The molecule has 0 aromatic heterocycles. The highest BCUT2D eigenvalue weighted by atomic mass is 16.6. The van der Waals surface area contributed by atoms with Crippen LogP contribution in [0.1, 0.15) is 59.3 Å². The molecule has 3 aliphatic heterocycles. The summed E-state index contributed by atoms with van der Waals surface area (Å²) < 4.78 is 17.9. The molecule has 0 saturated carbocycles. The normalized spacial score (nSPS) is 28.5. The Labute approximate surface area is 249 Å².